The normalized spacial score (nSPS) is 10.6. The van der Waals surface area contributed by atoms with Gasteiger partial charge in [0.25, 0.3) is 0 Å². The van der Waals surface area contributed by atoms with Crippen molar-refractivity contribution in [1.82, 2.24) is 0 Å². The highest BCUT2D eigenvalue weighted by molar-refractivity contribution is 6.40. The molecule has 0 N–H and O–H groups in total. The number of ether oxygens (including phenoxy) is 1. The van der Waals surface area contributed by atoms with Crippen molar-refractivity contribution in [3.63, 3.8) is 0 Å². The number of fused-ring (bicyclic) bond motifs is 1. The van der Waals surface area contributed by atoms with Crippen LogP contribution in [0.5, 0.6) is 0 Å². The molecule has 2 rings (SSSR count). The number of Topliss-reactive ketones (excluding diaryl/α,β-unsaturated/α-hetero) is 1. The van der Waals surface area contributed by atoms with Crippen LogP contribution in [0.25, 0.3) is 11.0 Å². The van der Waals surface area contributed by atoms with Gasteiger partial charge in [-0.1, -0.05) is 12.1 Å². The third-order valence-electron chi connectivity index (χ3n) is 2.76. The van der Waals surface area contributed by atoms with Gasteiger partial charge in [0.05, 0.1) is 6.61 Å². The van der Waals surface area contributed by atoms with Crippen LogP contribution in [0.15, 0.2) is 22.6 Å². The van der Waals surface area contributed by atoms with Gasteiger partial charge in [0.1, 0.15) is 5.58 Å². The average molecular weight is 246 g/mol. The predicted octanol–water partition coefficient (Wildman–Crippen LogP) is 2.80. The third kappa shape index (κ3) is 2.01. The minimum atomic E-state index is -0.878. The van der Waals surface area contributed by atoms with Crippen molar-refractivity contribution in [2.45, 2.75) is 20.8 Å². The Morgan fingerprint density at radius 2 is 2.00 bits per heavy atom. The van der Waals surface area contributed by atoms with Gasteiger partial charge in [0.2, 0.25) is 0 Å². The number of ketones is 1. The fourth-order valence-corrected chi connectivity index (χ4v) is 1.84. The molecular formula is C14H14O4. The van der Waals surface area contributed by atoms with Crippen LogP contribution in [0.3, 0.4) is 0 Å². The Morgan fingerprint density at radius 1 is 1.28 bits per heavy atom. The topological polar surface area (TPSA) is 56.5 Å². The molecule has 2 aromatic rings. The lowest BCUT2D eigenvalue weighted by Crippen LogP contribution is -2.17. The van der Waals surface area contributed by atoms with Crippen molar-refractivity contribution in [2.75, 3.05) is 6.61 Å². The minimum Gasteiger partial charge on any atom is -0.460 e. The smallest absolute Gasteiger partial charge is 0.383 e. The highest BCUT2D eigenvalue weighted by Gasteiger charge is 2.25. The van der Waals surface area contributed by atoms with E-state index in [2.05, 4.69) is 4.74 Å². The van der Waals surface area contributed by atoms with Gasteiger partial charge in [0.15, 0.2) is 5.76 Å². The van der Waals surface area contributed by atoms with Gasteiger partial charge in [-0.05, 0) is 32.4 Å². The van der Waals surface area contributed by atoms with Crippen LogP contribution in [-0.4, -0.2) is 18.4 Å². The van der Waals surface area contributed by atoms with E-state index in [0.717, 1.165) is 10.9 Å². The number of esters is 1. The van der Waals surface area contributed by atoms with E-state index in [-0.39, 0.29) is 12.4 Å². The summed E-state index contributed by atoms with van der Waals surface area (Å²) in [5.74, 6) is -1.55. The number of hydrogen-bond donors (Lipinski definition) is 0. The monoisotopic (exact) mass is 246 g/mol. The van der Waals surface area contributed by atoms with E-state index >= 15 is 0 Å². The maximum absolute atomic E-state index is 11.8. The van der Waals surface area contributed by atoms with Crippen molar-refractivity contribution < 1.29 is 18.7 Å². The molecule has 4 heteroatoms. The van der Waals surface area contributed by atoms with Crippen LogP contribution >= 0.6 is 0 Å². The third-order valence-corrected chi connectivity index (χ3v) is 2.76. The lowest BCUT2D eigenvalue weighted by Gasteiger charge is -1.98. The summed E-state index contributed by atoms with van der Waals surface area (Å²) in [5, 5.41) is 0.841. The zero-order valence-electron chi connectivity index (χ0n) is 10.6. The second kappa shape index (κ2) is 4.64. The first kappa shape index (κ1) is 12.4. The Hall–Kier alpha value is -2.10. The van der Waals surface area contributed by atoms with Crippen molar-refractivity contribution in [1.29, 1.82) is 0 Å². The Morgan fingerprint density at radius 3 is 2.67 bits per heavy atom. The van der Waals surface area contributed by atoms with Crippen molar-refractivity contribution >= 4 is 22.7 Å². The van der Waals surface area contributed by atoms with Gasteiger partial charge in [0, 0.05) is 10.9 Å². The van der Waals surface area contributed by atoms with Crippen molar-refractivity contribution in [3.05, 3.63) is 35.1 Å². The van der Waals surface area contributed by atoms with Crippen LogP contribution in [0.1, 0.15) is 28.6 Å². The molecule has 1 heterocycles. The van der Waals surface area contributed by atoms with E-state index in [1.54, 1.807) is 13.8 Å². The Balaban J connectivity index is 2.49. The quantitative estimate of drug-likeness (QED) is 0.474. The summed E-state index contributed by atoms with van der Waals surface area (Å²) in [5.41, 5.74) is 2.31. The first-order chi connectivity index (χ1) is 8.54. The zero-order valence-corrected chi connectivity index (χ0v) is 10.6. The Labute approximate surface area is 105 Å². The standard InChI is InChI=1S/C14H14O4/c1-4-17-14(16)12(15)13-9(3)10-6-5-8(2)7-11(10)18-13/h5-7H,4H2,1-3H3. The molecule has 0 aliphatic carbocycles. The number of carbonyl (C=O) groups is 2. The van der Waals surface area contributed by atoms with Gasteiger partial charge < -0.3 is 9.15 Å². The van der Waals surface area contributed by atoms with E-state index in [9.17, 15) is 9.59 Å². The molecule has 18 heavy (non-hydrogen) atoms. The Bertz CT molecular complexity index is 622. The first-order valence-electron chi connectivity index (χ1n) is 5.75. The number of carbonyl (C=O) groups excluding carboxylic acids is 2. The fraction of sp³-hybridized carbons (Fsp3) is 0.286. The van der Waals surface area contributed by atoms with Crippen LogP contribution in [0.2, 0.25) is 0 Å². The van der Waals surface area contributed by atoms with E-state index in [1.165, 1.54) is 0 Å². The van der Waals surface area contributed by atoms with E-state index in [4.69, 9.17) is 4.42 Å². The SMILES string of the molecule is CCOC(=O)C(=O)c1oc2cc(C)ccc2c1C. The van der Waals surface area contributed by atoms with E-state index < -0.39 is 11.8 Å². The molecule has 0 unspecified atom stereocenters. The highest BCUT2D eigenvalue weighted by atomic mass is 16.5. The molecule has 0 spiro atoms. The molecule has 0 saturated heterocycles. The minimum absolute atomic E-state index is 0.0639. The summed E-state index contributed by atoms with van der Waals surface area (Å²) in [6, 6.07) is 5.65. The second-order valence-electron chi connectivity index (χ2n) is 4.11. The van der Waals surface area contributed by atoms with Crippen LogP contribution < -0.4 is 0 Å². The van der Waals surface area contributed by atoms with Crippen LogP contribution in [0.4, 0.5) is 0 Å². The molecule has 94 valence electrons. The molecule has 0 aliphatic heterocycles. The van der Waals surface area contributed by atoms with Crippen LogP contribution in [0, 0.1) is 13.8 Å². The average Bonchev–Trinajstić information content (AvgIpc) is 2.65. The number of hydrogen-bond acceptors (Lipinski definition) is 4. The zero-order chi connectivity index (χ0) is 13.3. The fourth-order valence-electron chi connectivity index (χ4n) is 1.84. The summed E-state index contributed by atoms with van der Waals surface area (Å²) in [7, 11) is 0. The lowest BCUT2D eigenvalue weighted by molar-refractivity contribution is -0.137. The maximum Gasteiger partial charge on any atom is 0.383 e. The van der Waals surface area contributed by atoms with Gasteiger partial charge in [-0.15, -0.1) is 0 Å². The predicted molar refractivity (Wildman–Crippen MR) is 66.7 cm³/mol. The lowest BCUT2D eigenvalue weighted by atomic mass is 10.1. The van der Waals surface area contributed by atoms with Gasteiger partial charge in [-0.25, -0.2) is 4.79 Å². The van der Waals surface area contributed by atoms with Gasteiger partial charge in [-0.2, -0.15) is 0 Å². The molecule has 0 bridgehead atoms. The van der Waals surface area contributed by atoms with Crippen LogP contribution in [-0.2, 0) is 9.53 Å². The molecule has 0 amide bonds. The molecule has 1 aromatic heterocycles. The van der Waals surface area contributed by atoms with Crippen molar-refractivity contribution in [2.24, 2.45) is 0 Å². The van der Waals surface area contributed by atoms with Gasteiger partial charge in [-0.3, -0.25) is 4.79 Å². The molecule has 0 fully saturated rings. The molecule has 0 atom stereocenters. The summed E-state index contributed by atoms with van der Waals surface area (Å²) in [6.45, 7) is 5.51. The molecule has 1 aromatic carbocycles. The van der Waals surface area contributed by atoms with E-state index in [1.807, 2.05) is 25.1 Å². The van der Waals surface area contributed by atoms with Gasteiger partial charge >= 0.3 is 11.8 Å². The Kier molecular flexibility index (Phi) is 3.19. The molecule has 0 saturated carbocycles. The number of furan rings is 1. The maximum atomic E-state index is 11.8. The summed E-state index contributed by atoms with van der Waals surface area (Å²) in [6.07, 6.45) is 0. The highest BCUT2D eigenvalue weighted by Crippen LogP contribution is 2.26. The summed E-state index contributed by atoms with van der Waals surface area (Å²) >= 11 is 0. The van der Waals surface area contributed by atoms with Crippen molar-refractivity contribution in [3.8, 4) is 0 Å². The number of aryl methyl sites for hydroxylation is 2. The molecule has 4 nitrogen and oxygen atoms in total. The van der Waals surface area contributed by atoms with E-state index in [0.29, 0.717) is 11.1 Å². The summed E-state index contributed by atoms with van der Waals surface area (Å²) in [4.78, 5) is 23.2. The number of rotatable bonds is 3. The number of benzene rings is 1. The molecular weight excluding hydrogens is 232 g/mol. The summed E-state index contributed by atoms with van der Waals surface area (Å²) < 4.78 is 10.1. The molecule has 0 radical (unpaired) electrons. The second-order valence-corrected chi connectivity index (χ2v) is 4.11. The molecule has 0 aliphatic rings. The first-order valence-corrected chi connectivity index (χ1v) is 5.75. The largest absolute Gasteiger partial charge is 0.460 e.